The molecule has 30 heavy (non-hydrogen) atoms. The topological polar surface area (TPSA) is 43.3 Å². The fourth-order valence-corrected chi connectivity index (χ4v) is 3.84. The standard InChI is InChI=1S/C21H33F2N5O.HI/c1-3-24-21(25-15-17(2)16-26-10-12-29-13-11-26)28-8-6-27(7-9-28)20-14-18(22)4-5-19(20)23;/h4-5,14,17H,3,6-13,15-16H2,1-2H3,(H,24,25);1H. The molecule has 2 heterocycles. The van der Waals surface area contributed by atoms with Gasteiger partial charge in [-0.05, 0) is 25.0 Å². The molecular formula is C21H34F2IN5O. The van der Waals surface area contributed by atoms with Crippen molar-refractivity contribution in [1.82, 2.24) is 15.1 Å². The lowest BCUT2D eigenvalue weighted by Gasteiger charge is -2.38. The molecule has 0 saturated carbocycles. The molecule has 170 valence electrons. The van der Waals surface area contributed by atoms with E-state index in [0.717, 1.165) is 71.1 Å². The number of rotatable bonds is 6. The van der Waals surface area contributed by atoms with Gasteiger partial charge in [0.15, 0.2) is 5.96 Å². The van der Waals surface area contributed by atoms with Crippen LogP contribution < -0.4 is 10.2 Å². The first kappa shape index (κ1) is 25.1. The SMILES string of the molecule is CCNC(=NCC(C)CN1CCOCC1)N1CCN(c2cc(F)ccc2F)CC1.I. The maximum absolute atomic E-state index is 14.1. The Morgan fingerprint density at radius 1 is 1.13 bits per heavy atom. The molecule has 0 aromatic heterocycles. The van der Waals surface area contributed by atoms with E-state index >= 15 is 0 Å². The van der Waals surface area contributed by atoms with E-state index in [1.54, 1.807) is 0 Å². The second-order valence-corrected chi connectivity index (χ2v) is 7.78. The van der Waals surface area contributed by atoms with E-state index in [0.29, 0.717) is 24.7 Å². The maximum atomic E-state index is 14.1. The van der Waals surface area contributed by atoms with Crippen LogP contribution in [-0.4, -0.2) is 87.9 Å². The molecule has 1 aromatic carbocycles. The quantitative estimate of drug-likeness (QED) is 0.344. The summed E-state index contributed by atoms with van der Waals surface area (Å²) < 4.78 is 33.0. The average Bonchev–Trinajstić information content (AvgIpc) is 2.74. The van der Waals surface area contributed by atoms with Crippen molar-refractivity contribution in [3.63, 3.8) is 0 Å². The van der Waals surface area contributed by atoms with Crippen LogP contribution >= 0.6 is 24.0 Å². The molecule has 9 heteroatoms. The molecule has 1 N–H and O–H groups in total. The van der Waals surface area contributed by atoms with E-state index in [9.17, 15) is 8.78 Å². The number of nitrogens with one attached hydrogen (secondary N) is 1. The minimum Gasteiger partial charge on any atom is -0.379 e. The smallest absolute Gasteiger partial charge is 0.194 e. The number of ether oxygens (including phenoxy) is 1. The molecule has 2 saturated heterocycles. The summed E-state index contributed by atoms with van der Waals surface area (Å²) >= 11 is 0. The van der Waals surface area contributed by atoms with Crippen LogP contribution in [0.4, 0.5) is 14.5 Å². The van der Waals surface area contributed by atoms with Crippen molar-refractivity contribution in [3.8, 4) is 0 Å². The van der Waals surface area contributed by atoms with E-state index in [4.69, 9.17) is 9.73 Å². The van der Waals surface area contributed by atoms with Gasteiger partial charge in [-0.2, -0.15) is 0 Å². The Labute approximate surface area is 195 Å². The van der Waals surface area contributed by atoms with Crippen molar-refractivity contribution < 1.29 is 13.5 Å². The maximum Gasteiger partial charge on any atom is 0.194 e. The van der Waals surface area contributed by atoms with Crippen LogP contribution in [0.15, 0.2) is 23.2 Å². The normalized spacial score (nSPS) is 19.4. The van der Waals surface area contributed by atoms with Crippen molar-refractivity contribution in [1.29, 1.82) is 0 Å². The third kappa shape index (κ3) is 7.19. The lowest BCUT2D eigenvalue weighted by atomic mass is 10.1. The molecule has 0 aliphatic carbocycles. The average molecular weight is 537 g/mol. The van der Waals surface area contributed by atoms with Crippen LogP contribution in [0.25, 0.3) is 0 Å². The third-order valence-corrected chi connectivity index (χ3v) is 5.39. The Kier molecular flexibility index (Phi) is 10.5. The van der Waals surface area contributed by atoms with Crippen LogP contribution in [0, 0.1) is 17.6 Å². The molecular weight excluding hydrogens is 503 g/mol. The van der Waals surface area contributed by atoms with Crippen molar-refractivity contribution in [2.45, 2.75) is 13.8 Å². The Hall–Kier alpha value is -1.20. The van der Waals surface area contributed by atoms with Gasteiger partial charge >= 0.3 is 0 Å². The second-order valence-electron chi connectivity index (χ2n) is 7.78. The van der Waals surface area contributed by atoms with Crippen molar-refractivity contribution in [2.75, 3.05) is 77.0 Å². The van der Waals surface area contributed by atoms with Crippen molar-refractivity contribution >= 4 is 35.6 Å². The summed E-state index contributed by atoms with van der Waals surface area (Å²) in [4.78, 5) is 11.4. The predicted molar refractivity (Wildman–Crippen MR) is 128 cm³/mol. The minimum atomic E-state index is -0.409. The Balaban J connectivity index is 0.00000320. The number of guanidine groups is 1. The van der Waals surface area contributed by atoms with Crippen molar-refractivity contribution in [2.24, 2.45) is 10.9 Å². The van der Waals surface area contributed by atoms with E-state index in [-0.39, 0.29) is 29.8 Å². The van der Waals surface area contributed by atoms with Crippen LogP contribution in [0.2, 0.25) is 0 Å². The highest BCUT2D eigenvalue weighted by Gasteiger charge is 2.22. The van der Waals surface area contributed by atoms with Crippen LogP contribution in [-0.2, 0) is 4.74 Å². The highest BCUT2D eigenvalue weighted by atomic mass is 127. The first-order valence-corrected chi connectivity index (χ1v) is 10.6. The largest absolute Gasteiger partial charge is 0.379 e. The Morgan fingerprint density at radius 2 is 1.83 bits per heavy atom. The van der Waals surface area contributed by atoms with Gasteiger partial charge in [-0.25, -0.2) is 8.78 Å². The summed E-state index contributed by atoms with van der Waals surface area (Å²) in [5.41, 5.74) is 0.339. The van der Waals surface area contributed by atoms with Gasteiger partial charge < -0.3 is 19.9 Å². The molecule has 6 nitrogen and oxygen atoms in total. The summed E-state index contributed by atoms with van der Waals surface area (Å²) in [6.45, 7) is 13.2. The summed E-state index contributed by atoms with van der Waals surface area (Å²) in [5, 5.41) is 3.38. The van der Waals surface area contributed by atoms with Gasteiger partial charge in [0.25, 0.3) is 0 Å². The zero-order valence-corrected chi connectivity index (χ0v) is 20.3. The highest BCUT2D eigenvalue weighted by molar-refractivity contribution is 14.0. The summed E-state index contributed by atoms with van der Waals surface area (Å²) in [5.74, 6) is 0.579. The zero-order chi connectivity index (χ0) is 20.6. The number of halogens is 3. The number of piperazine rings is 1. The number of anilines is 1. The molecule has 2 fully saturated rings. The first-order valence-electron chi connectivity index (χ1n) is 10.6. The number of hydrogen-bond acceptors (Lipinski definition) is 4. The molecule has 1 aromatic rings. The zero-order valence-electron chi connectivity index (χ0n) is 17.9. The molecule has 0 bridgehead atoms. The second kappa shape index (κ2) is 12.6. The van der Waals surface area contributed by atoms with Gasteiger partial charge in [0.2, 0.25) is 0 Å². The van der Waals surface area contributed by atoms with Gasteiger partial charge in [-0.3, -0.25) is 9.89 Å². The van der Waals surface area contributed by atoms with Gasteiger partial charge in [-0.15, -0.1) is 24.0 Å². The van der Waals surface area contributed by atoms with E-state index in [2.05, 4.69) is 29.0 Å². The molecule has 0 spiro atoms. The van der Waals surface area contributed by atoms with Gasteiger partial charge in [0.1, 0.15) is 11.6 Å². The fraction of sp³-hybridized carbons (Fsp3) is 0.667. The number of benzene rings is 1. The monoisotopic (exact) mass is 537 g/mol. The Morgan fingerprint density at radius 3 is 2.50 bits per heavy atom. The molecule has 0 radical (unpaired) electrons. The van der Waals surface area contributed by atoms with Crippen LogP contribution in [0.3, 0.4) is 0 Å². The Bertz CT molecular complexity index is 679. The number of aliphatic imine (C=N–C) groups is 1. The molecule has 0 amide bonds. The molecule has 1 unspecified atom stereocenters. The predicted octanol–water partition coefficient (Wildman–Crippen LogP) is 2.64. The van der Waals surface area contributed by atoms with E-state index in [1.165, 1.54) is 12.1 Å². The van der Waals surface area contributed by atoms with Crippen molar-refractivity contribution in [3.05, 3.63) is 29.8 Å². The summed E-state index contributed by atoms with van der Waals surface area (Å²) in [6, 6.07) is 3.62. The number of hydrogen-bond donors (Lipinski definition) is 1. The van der Waals surface area contributed by atoms with Gasteiger partial charge in [0.05, 0.1) is 18.9 Å². The molecule has 1 atom stereocenters. The molecule has 2 aliphatic rings. The first-order chi connectivity index (χ1) is 14.1. The lowest BCUT2D eigenvalue weighted by Crippen LogP contribution is -2.53. The van der Waals surface area contributed by atoms with Gasteiger partial charge in [-0.1, -0.05) is 6.92 Å². The molecule has 2 aliphatic heterocycles. The van der Waals surface area contributed by atoms with Crippen LogP contribution in [0.1, 0.15) is 13.8 Å². The van der Waals surface area contributed by atoms with E-state index < -0.39 is 5.82 Å². The number of nitrogens with zero attached hydrogens (tertiary/aromatic N) is 4. The summed E-state index contributed by atoms with van der Waals surface area (Å²) in [7, 11) is 0. The highest BCUT2D eigenvalue weighted by Crippen LogP contribution is 2.22. The third-order valence-electron chi connectivity index (χ3n) is 5.39. The van der Waals surface area contributed by atoms with E-state index in [1.807, 2.05) is 4.90 Å². The minimum absolute atomic E-state index is 0. The number of morpholine rings is 1. The van der Waals surface area contributed by atoms with Gasteiger partial charge in [0, 0.05) is 65.0 Å². The van der Waals surface area contributed by atoms with Crippen LogP contribution in [0.5, 0.6) is 0 Å². The fourth-order valence-electron chi connectivity index (χ4n) is 3.84. The lowest BCUT2D eigenvalue weighted by molar-refractivity contribution is 0.0323. The molecule has 3 rings (SSSR count). The summed E-state index contributed by atoms with van der Waals surface area (Å²) in [6.07, 6.45) is 0.